The quantitative estimate of drug-likeness (QED) is 0.157. The fraction of sp³-hybridized carbons (Fsp3) is 0.136. The zero-order chi connectivity index (χ0) is 41.5. The molecular weight excluding hydrogens is 945 g/mol. The number of aromatic nitrogens is 8. The Hall–Kier alpha value is -6.32. The fourth-order valence-corrected chi connectivity index (χ4v) is 5.85. The first kappa shape index (κ1) is 43.8. The molecule has 300 valence electrons. The molecule has 8 rings (SSSR count). The summed E-state index contributed by atoms with van der Waals surface area (Å²) in [5, 5.41) is 13.5. The van der Waals surface area contributed by atoms with Crippen LogP contribution in [0.2, 0.25) is 0 Å². The van der Waals surface area contributed by atoms with Crippen LogP contribution < -0.4 is 10.2 Å². The van der Waals surface area contributed by atoms with Crippen LogP contribution in [0.25, 0.3) is 56.4 Å². The van der Waals surface area contributed by atoms with Gasteiger partial charge in [0.15, 0.2) is 0 Å². The van der Waals surface area contributed by atoms with Gasteiger partial charge in [0.25, 0.3) is 0 Å². The van der Waals surface area contributed by atoms with Crippen LogP contribution in [0.1, 0.15) is 33.6 Å². The van der Waals surface area contributed by atoms with E-state index in [0.29, 0.717) is 11.4 Å². The first-order chi connectivity index (χ1) is 27.7. The maximum atomic E-state index is 12.6. The van der Waals surface area contributed by atoms with E-state index in [1.54, 1.807) is 36.9 Å². The summed E-state index contributed by atoms with van der Waals surface area (Å²) in [5.74, 6) is 0. The molecule has 59 heavy (non-hydrogen) atoms. The molecule has 0 atom stereocenters. The predicted octanol–water partition coefficient (Wildman–Crippen LogP) is 10.9. The molecule has 0 N–H and O–H groups in total. The van der Waals surface area contributed by atoms with E-state index in [0.717, 1.165) is 68.0 Å². The Balaban J connectivity index is 0.000000175. The van der Waals surface area contributed by atoms with Crippen LogP contribution in [0.3, 0.4) is 0 Å². The topological polar surface area (TPSA) is 106 Å². The summed E-state index contributed by atoms with van der Waals surface area (Å²) in [7, 11) is 0. The van der Waals surface area contributed by atoms with Crippen molar-refractivity contribution in [3.63, 3.8) is 0 Å². The molecule has 0 spiro atoms. The third-order valence-corrected chi connectivity index (χ3v) is 8.87. The predicted molar refractivity (Wildman–Crippen MR) is 209 cm³/mol. The van der Waals surface area contributed by atoms with Crippen LogP contribution in [0, 0.1) is 27.7 Å². The van der Waals surface area contributed by atoms with E-state index in [1.807, 2.05) is 113 Å². The number of halogens is 6. The Bertz CT molecular complexity index is 2420. The van der Waals surface area contributed by atoms with Gasteiger partial charge in [0.05, 0.1) is 11.4 Å². The van der Waals surface area contributed by atoms with Gasteiger partial charge in [-0.25, -0.2) is 0 Å². The molecule has 2 aromatic carbocycles. The van der Waals surface area contributed by atoms with E-state index < -0.39 is 23.7 Å². The minimum atomic E-state index is -4.50. The van der Waals surface area contributed by atoms with Gasteiger partial charge in [-0.3, -0.25) is 19.9 Å². The van der Waals surface area contributed by atoms with Crippen molar-refractivity contribution < 1.29 is 46.1 Å². The Labute approximate surface area is 349 Å². The van der Waals surface area contributed by atoms with Crippen LogP contribution in [0.15, 0.2) is 134 Å². The van der Waals surface area contributed by atoms with Crippen molar-refractivity contribution in [3.05, 3.63) is 168 Å². The molecule has 0 bridgehead atoms. The second kappa shape index (κ2) is 19.0. The Kier molecular flexibility index (Phi) is 14.1. The molecule has 0 fully saturated rings. The second-order valence-electron chi connectivity index (χ2n) is 13.1. The molecule has 0 aliphatic carbocycles. The van der Waals surface area contributed by atoms with Gasteiger partial charge in [0.1, 0.15) is 11.4 Å². The number of pyridine rings is 4. The number of hydrogen-bond acceptors (Lipinski definition) is 6. The van der Waals surface area contributed by atoms with Crippen molar-refractivity contribution in [2.45, 2.75) is 40.0 Å². The van der Waals surface area contributed by atoms with Crippen LogP contribution in [0.4, 0.5) is 26.3 Å². The van der Waals surface area contributed by atoms with Crippen LogP contribution in [0.5, 0.6) is 0 Å². The minimum absolute atomic E-state index is 0. The van der Waals surface area contributed by atoms with Gasteiger partial charge in [-0.1, -0.05) is 72.1 Å². The third-order valence-electron chi connectivity index (χ3n) is 8.87. The Morgan fingerprint density at radius 2 is 0.780 bits per heavy atom. The molecule has 0 aliphatic heterocycles. The van der Waals surface area contributed by atoms with Crippen molar-refractivity contribution in [1.29, 1.82) is 0 Å². The first-order valence-electron chi connectivity index (χ1n) is 17.7. The molecule has 15 heteroatoms. The van der Waals surface area contributed by atoms with Crippen molar-refractivity contribution in [1.82, 2.24) is 40.3 Å². The molecule has 0 saturated carbocycles. The van der Waals surface area contributed by atoms with Crippen LogP contribution >= 0.6 is 0 Å². The Morgan fingerprint density at radius 1 is 0.407 bits per heavy atom. The third kappa shape index (κ3) is 11.0. The van der Waals surface area contributed by atoms with E-state index in [-0.39, 0.29) is 31.2 Å². The molecule has 0 amide bonds. The first-order valence-corrected chi connectivity index (χ1v) is 17.7. The fourth-order valence-electron chi connectivity index (χ4n) is 5.85. The average Bonchev–Trinajstić information content (AvgIpc) is 3.92. The zero-order valence-electron chi connectivity index (χ0n) is 31.9. The van der Waals surface area contributed by atoms with Gasteiger partial charge in [-0.05, 0) is 110 Å². The van der Waals surface area contributed by atoms with Gasteiger partial charge in [-0.2, -0.15) is 26.3 Å². The molecule has 8 aromatic rings. The van der Waals surface area contributed by atoms with Crippen molar-refractivity contribution in [2.75, 3.05) is 0 Å². The molecule has 8 nitrogen and oxygen atoms in total. The number of benzene rings is 2. The summed E-state index contributed by atoms with van der Waals surface area (Å²) in [6, 6.07) is 32.6. The molecule has 6 heterocycles. The van der Waals surface area contributed by atoms with Gasteiger partial charge >= 0.3 is 32.1 Å². The van der Waals surface area contributed by atoms with E-state index in [9.17, 15) is 26.3 Å². The van der Waals surface area contributed by atoms with E-state index in [2.05, 4.69) is 40.3 Å². The van der Waals surface area contributed by atoms with E-state index in [1.165, 1.54) is 0 Å². The summed E-state index contributed by atoms with van der Waals surface area (Å²) < 4.78 is 75.6. The van der Waals surface area contributed by atoms with Gasteiger partial charge in [-0.15, -0.1) is 0 Å². The van der Waals surface area contributed by atoms with Gasteiger partial charge in [0, 0.05) is 47.3 Å². The number of rotatable bonds is 5. The van der Waals surface area contributed by atoms with Crippen molar-refractivity contribution in [3.8, 4) is 56.4 Å². The molecule has 0 saturated heterocycles. The van der Waals surface area contributed by atoms with Crippen molar-refractivity contribution in [2.24, 2.45) is 0 Å². The standard InChI is InChI=1S/2C17H13F3N3.C10H8N2.Os/c2*1-10-5-3-4-6-12(10)13-9-21-14(7-11(13)2)15-8-16(23-22-15)17(18,19)20;1-3-7-11-9(5-1)10-6-2-4-8-12-10;/h2*3-9H,1-2H3;1-8H;/q2*-1;;+2. The van der Waals surface area contributed by atoms with Crippen LogP contribution in [-0.4, -0.2) is 30.1 Å². The maximum Gasteiger partial charge on any atom is 2.00 e. The summed E-state index contributed by atoms with van der Waals surface area (Å²) in [6.45, 7) is 7.80. The number of hydrogen-bond donors (Lipinski definition) is 0. The molecule has 0 unspecified atom stereocenters. The largest absolute Gasteiger partial charge is 2.00 e. The Morgan fingerprint density at radius 3 is 1.08 bits per heavy atom. The SMILES string of the molecule is Cc1ccccc1-c1cnc(-c2cc(C(F)(F)F)n[n-]2)cc1C.Cc1ccccc1-c1cnc(-c2cc(C(F)(F)F)n[n-]2)cc1C.[Os+2].c1ccc(-c2ccccn2)nc1. The summed E-state index contributed by atoms with van der Waals surface area (Å²) >= 11 is 0. The summed E-state index contributed by atoms with van der Waals surface area (Å²) in [5.41, 5.74) is 8.87. The molecule has 6 aromatic heterocycles. The minimum Gasteiger partial charge on any atom is -0.573 e. The van der Waals surface area contributed by atoms with E-state index in [4.69, 9.17) is 0 Å². The monoisotopic (exact) mass is 980 g/mol. The van der Waals surface area contributed by atoms with Crippen LogP contribution in [-0.2, 0) is 32.1 Å². The zero-order valence-corrected chi connectivity index (χ0v) is 34.4. The summed E-state index contributed by atoms with van der Waals surface area (Å²) in [6.07, 6.45) is -2.14. The average molecular weight is 979 g/mol. The van der Waals surface area contributed by atoms with Crippen molar-refractivity contribution >= 4 is 0 Å². The number of nitrogens with zero attached hydrogens (tertiary/aromatic N) is 8. The van der Waals surface area contributed by atoms with Gasteiger partial charge in [0.2, 0.25) is 0 Å². The number of alkyl halides is 6. The second-order valence-corrected chi connectivity index (χ2v) is 13.1. The van der Waals surface area contributed by atoms with E-state index >= 15 is 0 Å². The molecule has 0 aliphatic rings. The van der Waals surface area contributed by atoms with Gasteiger partial charge < -0.3 is 20.4 Å². The summed E-state index contributed by atoms with van der Waals surface area (Å²) in [4.78, 5) is 16.9. The number of aryl methyl sites for hydroxylation is 4. The molecule has 0 radical (unpaired) electrons. The normalized spacial score (nSPS) is 11.1. The maximum absolute atomic E-state index is 12.6. The molecular formula is C44H34F6N8Os. The smallest absolute Gasteiger partial charge is 0.573 e.